The predicted molar refractivity (Wildman–Crippen MR) is 121 cm³/mol. The lowest BCUT2D eigenvalue weighted by Crippen LogP contribution is -2.15. The summed E-state index contributed by atoms with van der Waals surface area (Å²) >= 11 is 0. The zero-order valence-corrected chi connectivity index (χ0v) is 17.4. The van der Waals surface area contributed by atoms with Crippen LogP contribution in [0.15, 0.2) is 66.7 Å². The molecule has 3 rings (SSSR count). The monoisotopic (exact) mass is 418 g/mol. The van der Waals surface area contributed by atoms with Crippen LogP contribution in [0.4, 0.5) is 22.7 Å². The van der Waals surface area contributed by atoms with Gasteiger partial charge in [0.1, 0.15) is 0 Å². The maximum atomic E-state index is 12.6. The molecule has 2 N–H and O–H groups in total. The molecule has 0 heterocycles. The van der Waals surface area contributed by atoms with E-state index in [0.29, 0.717) is 16.9 Å². The Morgan fingerprint density at radius 1 is 0.871 bits per heavy atom. The summed E-state index contributed by atoms with van der Waals surface area (Å²) in [6.45, 7) is 1.81. The molecular weight excluding hydrogens is 396 g/mol. The molecule has 0 saturated heterocycles. The number of nitro groups is 1. The second kappa shape index (κ2) is 9.08. The molecule has 0 bridgehead atoms. The number of anilines is 3. The van der Waals surface area contributed by atoms with Crippen molar-refractivity contribution in [2.75, 3.05) is 29.6 Å². The SMILES string of the molecule is Cc1ccc(NC(=O)c2cccc(N(C)C)c2)cc1NC(=O)c1cccc([N+](=O)[O-])c1. The van der Waals surface area contributed by atoms with Crippen molar-refractivity contribution in [3.8, 4) is 0 Å². The van der Waals surface area contributed by atoms with E-state index in [1.807, 2.05) is 38.1 Å². The molecule has 0 radical (unpaired) electrons. The number of amides is 2. The number of benzene rings is 3. The normalized spacial score (nSPS) is 10.3. The number of aryl methyl sites for hydroxylation is 1. The van der Waals surface area contributed by atoms with E-state index in [1.54, 1.807) is 30.3 Å². The Morgan fingerprint density at radius 2 is 1.52 bits per heavy atom. The summed E-state index contributed by atoms with van der Waals surface area (Å²) in [6.07, 6.45) is 0. The molecule has 2 amide bonds. The van der Waals surface area contributed by atoms with Crippen LogP contribution in [0.1, 0.15) is 26.3 Å². The summed E-state index contributed by atoms with van der Waals surface area (Å²) in [5.41, 5.74) is 3.22. The molecule has 0 aromatic heterocycles. The molecular formula is C23H22N4O4. The number of hydrogen-bond acceptors (Lipinski definition) is 5. The van der Waals surface area contributed by atoms with E-state index in [4.69, 9.17) is 0 Å². The average Bonchev–Trinajstić information content (AvgIpc) is 2.76. The van der Waals surface area contributed by atoms with Gasteiger partial charge in [-0.2, -0.15) is 0 Å². The highest BCUT2D eigenvalue weighted by atomic mass is 16.6. The third-order valence-electron chi connectivity index (χ3n) is 4.69. The van der Waals surface area contributed by atoms with E-state index < -0.39 is 10.8 Å². The van der Waals surface area contributed by atoms with Crippen LogP contribution in [0.25, 0.3) is 0 Å². The van der Waals surface area contributed by atoms with Gasteiger partial charge in [-0.15, -0.1) is 0 Å². The number of nitrogens with one attached hydrogen (secondary N) is 2. The van der Waals surface area contributed by atoms with Crippen LogP contribution in [0, 0.1) is 17.0 Å². The molecule has 3 aromatic rings. The summed E-state index contributed by atoms with van der Waals surface area (Å²) in [7, 11) is 3.79. The minimum atomic E-state index is -0.552. The fourth-order valence-corrected chi connectivity index (χ4v) is 2.92. The molecule has 0 aliphatic carbocycles. The third-order valence-corrected chi connectivity index (χ3v) is 4.69. The lowest BCUT2D eigenvalue weighted by Gasteiger charge is -2.14. The molecule has 8 nitrogen and oxygen atoms in total. The number of rotatable bonds is 6. The molecule has 8 heteroatoms. The Morgan fingerprint density at radius 3 is 2.19 bits per heavy atom. The van der Waals surface area contributed by atoms with Crippen molar-refractivity contribution < 1.29 is 14.5 Å². The fraction of sp³-hybridized carbons (Fsp3) is 0.130. The minimum Gasteiger partial charge on any atom is -0.378 e. The molecule has 0 fully saturated rings. The van der Waals surface area contributed by atoms with E-state index >= 15 is 0 Å². The molecule has 0 spiro atoms. The second-order valence-corrected chi connectivity index (χ2v) is 7.19. The van der Waals surface area contributed by atoms with Gasteiger partial charge in [0.25, 0.3) is 17.5 Å². The Balaban J connectivity index is 1.78. The molecule has 158 valence electrons. The maximum absolute atomic E-state index is 12.6. The predicted octanol–water partition coefficient (Wildman–Crippen LogP) is 4.47. The molecule has 31 heavy (non-hydrogen) atoms. The van der Waals surface area contributed by atoms with E-state index in [9.17, 15) is 19.7 Å². The summed E-state index contributed by atoms with van der Waals surface area (Å²) in [4.78, 5) is 37.5. The molecule has 3 aromatic carbocycles. The summed E-state index contributed by atoms with van der Waals surface area (Å²) in [6, 6.07) is 17.9. The zero-order valence-electron chi connectivity index (χ0n) is 17.4. The zero-order chi connectivity index (χ0) is 22.5. The number of carbonyl (C=O) groups excluding carboxylic acids is 2. The van der Waals surface area contributed by atoms with Gasteiger partial charge in [-0.25, -0.2) is 0 Å². The summed E-state index contributed by atoms with van der Waals surface area (Å²) in [5.74, 6) is -0.752. The first-order valence-electron chi connectivity index (χ1n) is 9.50. The van der Waals surface area contributed by atoms with Crippen LogP contribution in [0.3, 0.4) is 0 Å². The van der Waals surface area contributed by atoms with E-state index in [0.717, 1.165) is 11.3 Å². The Kier molecular flexibility index (Phi) is 6.30. The molecule has 0 aliphatic rings. The number of hydrogen-bond donors (Lipinski definition) is 2. The van der Waals surface area contributed by atoms with Gasteiger partial charge in [0.05, 0.1) is 4.92 Å². The van der Waals surface area contributed by atoms with Crippen molar-refractivity contribution in [1.29, 1.82) is 0 Å². The third kappa shape index (κ3) is 5.24. The van der Waals surface area contributed by atoms with Crippen LogP contribution < -0.4 is 15.5 Å². The van der Waals surface area contributed by atoms with E-state index in [1.165, 1.54) is 24.3 Å². The molecule has 0 unspecified atom stereocenters. The van der Waals surface area contributed by atoms with Gasteiger partial charge >= 0.3 is 0 Å². The van der Waals surface area contributed by atoms with Crippen LogP contribution in [-0.2, 0) is 0 Å². The highest BCUT2D eigenvalue weighted by molar-refractivity contribution is 6.07. The topological polar surface area (TPSA) is 105 Å². The van der Waals surface area contributed by atoms with Gasteiger partial charge in [-0.1, -0.05) is 18.2 Å². The number of carbonyl (C=O) groups is 2. The van der Waals surface area contributed by atoms with Gasteiger partial charge < -0.3 is 15.5 Å². The summed E-state index contributed by atoms with van der Waals surface area (Å²) < 4.78 is 0. The van der Waals surface area contributed by atoms with Gasteiger partial charge in [0.2, 0.25) is 0 Å². The highest BCUT2D eigenvalue weighted by Gasteiger charge is 2.14. The largest absolute Gasteiger partial charge is 0.378 e. The van der Waals surface area contributed by atoms with Crippen LogP contribution in [0.5, 0.6) is 0 Å². The van der Waals surface area contributed by atoms with Crippen molar-refractivity contribution in [2.45, 2.75) is 6.92 Å². The first kappa shape index (κ1) is 21.5. The number of nitrogens with zero attached hydrogens (tertiary/aromatic N) is 2. The van der Waals surface area contributed by atoms with Crippen molar-refractivity contribution in [2.24, 2.45) is 0 Å². The van der Waals surface area contributed by atoms with E-state index in [2.05, 4.69) is 10.6 Å². The lowest BCUT2D eigenvalue weighted by molar-refractivity contribution is -0.384. The average molecular weight is 418 g/mol. The standard InChI is InChI=1S/C23H22N4O4/c1-15-10-11-18(24-22(28)16-6-4-8-19(12-16)26(2)3)14-21(15)25-23(29)17-7-5-9-20(13-17)27(30)31/h4-14H,1-3H3,(H,24,28)(H,25,29). The highest BCUT2D eigenvalue weighted by Crippen LogP contribution is 2.23. The van der Waals surface area contributed by atoms with Gasteiger partial charge in [0.15, 0.2) is 0 Å². The lowest BCUT2D eigenvalue weighted by atomic mass is 10.1. The fourth-order valence-electron chi connectivity index (χ4n) is 2.92. The quantitative estimate of drug-likeness (QED) is 0.454. The number of nitro benzene ring substituents is 1. The van der Waals surface area contributed by atoms with Gasteiger partial charge in [-0.05, 0) is 48.9 Å². The molecule has 0 saturated carbocycles. The van der Waals surface area contributed by atoms with Gasteiger partial charge in [-0.3, -0.25) is 19.7 Å². The maximum Gasteiger partial charge on any atom is 0.270 e. The first-order chi connectivity index (χ1) is 14.7. The number of non-ortho nitro benzene ring substituents is 1. The van der Waals surface area contributed by atoms with Crippen LogP contribution in [-0.4, -0.2) is 30.8 Å². The Labute approximate surface area is 179 Å². The van der Waals surface area contributed by atoms with Crippen molar-refractivity contribution in [3.05, 3.63) is 93.5 Å². The van der Waals surface area contributed by atoms with Crippen molar-refractivity contribution in [3.63, 3.8) is 0 Å². The first-order valence-corrected chi connectivity index (χ1v) is 9.50. The van der Waals surface area contributed by atoms with E-state index in [-0.39, 0.29) is 17.2 Å². The molecule has 0 atom stereocenters. The van der Waals surface area contributed by atoms with Crippen molar-refractivity contribution in [1.82, 2.24) is 0 Å². The van der Waals surface area contributed by atoms with Crippen LogP contribution in [0.2, 0.25) is 0 Å². The molecule has 0 aliphatic heterocycles. The van der Waals surface area contributed by atoms with Crippen molar-refractivity contribution >= 4 is 34.6 Å². The minimum absolute atomic E-state index is 0.162. The van der Waals surface area contributed by atoms with Crippen LogP contribution >= 0.6 is 0 Å². The smallest absolute Gasteiger partial charge is 0.270 e. The second-order valence-electron chi connectivity index (χ2n) is 7.19. The Bertz CT molecular complexity index is 1160. The van der Waals surface area contributed by atoms with Gasteiger partial charge in [0, 0.05) is 54.4 Å². The Hall–Kier alpha value is -4.20. The summed E-state index contributed by atoms with van der Waals surface area (Å²) in [5, 5.41) is 16.5.